The molecule has 2 amide bonds. The number of anilines is 2. The third kappa shape index (κ3) is 3.30. The van der Waals surface area contributed by atoms with Crippen molar-refractivity contribution in [3.05, 3.63) is 23.8 Å². The van der Waals surface area contributed by atoms with Gasteiger partial charge in [-0.1, -0.05) is 13.0 Å². The molecule has 5 nitrogen and oxygen atoms in total. The first-order valence-electron chi connectivity index (χ1n) is 7.97. The van der Waals surface area contributed by atoms with Crippen molar-refractivity contribution >= 4 is 23.2 Å². The molecule has 1 aliphatic carbocycles. The van der Waals surface area contributed by atoms with Gasteiger partial charge in [-0.25, -0.2) is 0 Å². The van der Waals surface area contributed by atoms with Crippen molar-refractivity contribution < 1.29 is 9.59 Å². The third-order valence-electron chi connectivity index (χ3n) is 4.64. The second-order valence-corrected chi connectivity index (χ2v) is 6.49. The van der Waals surface area contributed by atoms with Gasteiger partial charge in [0.15, 0.2) is 0 Å². The minimum atomic E-state index is -0.00892. The van der Waals surface area contributed by atoms with Gasteiger partial charge in [0.1, 0.15) is 0 Å². The van der Waals surface area contributed by atoms with Crippen molar-refractivity contribution in [1.82, 2.24) is 5.32 Å². The molecule has 0 radical (unpaired) electrons. The van der Waals surface area contributed by atoms with Gasteiger partial charge in [0.05, 0.1) is 0 Å². The summed E-state index contributed by atoms with van der Waals surface area (Å²) in [5.41, 5.74) is 2.52. The topological polar surface area (TPSA) is 70.2 Å². The van der Waals surface area contributed by atoms with Gasteiger partial charge < -0.3 is 16.0 Å². The van der Waals surface area contributed by atoms with Gasteiger partial charge in [0.25, 0.3) is 0 Å². The Morgan fingerprint density at radius 1 is 1.23 bits per heavy atom. The number of benzene rings is 1. The van der Waals surface area contributed by atoms with E-state index < -0.39 is 0 Å². The molecule has 0 aromatic heterocycles. The summed E-state index contributed by atoms with van der Waals surface area (Å²) in [7, 11) is 0. The highest BCUT2D eigenvalue weighted by atomic mass is 16.2. The smallest absolute Gasteiger partial charge is 0.227 e. The van der Waals surface area contributed by atoms with E-state index in [1.807, 2.05) is 32.0 Å². The highest BCUT2D eigenvalue weighted by Crippen LogP contribution is 2.31. The Balaban J connectivity index is 1.66. The average Bonchev–Trinajstić information content (AvgIpc) is 3.24. The lowest BCUT2D eigenvalue weighted by Crippen LogP contribution is -2.48. The van der Waals surface area contributed by atoms with Crippen LogP contribution in [0.2, 0.25) is 0 Å². The molecule has 118 valence electrons. The standard InChI is InChI=1S/C17H23N3O2/c1-10-3-6-14(19-17(22)12-4-5-12)7-15(10)20-16(21)11(2)13-8-18-9-13/h3,6-7,11-13,18H,4-5,8-9H2,1-2H3,(H,19,22)(H,20,21). The van der Waals surface area contributed by atoms with Crippen LogP contribution < -0.4 is 16.0 Å². The Morgan fingerprint density at radius 3 is 2.55 bits per heavy atom. The number of hydrogen-bond acceptors (Lipinski definition) is 3. The minimum Gasteiger partial charge on any atom is -0.326 e. The van der Waals surface area contributed by atoms with Gasteiger partial charge >= 0.3 is 0 Å². The van der Waals surface area contributed by atoms with Crippen LogP contribution in [0.25, 0.3) is 0 Å². The molecule has 0 bridgehead atoms. The fourth-order valence-electron chi connectivity index (χ4n) is 2.55. The summed E-state index contributed by atoms with van der Waals surface area (Å²) in [4.78, 5) is 24.2. The summed E-state index contributed by atoms with van der Waals surface area (Å²) >= 11 is 0. The average molecular weight is 301 g/mol. The summed E-state index contributed by atoms with van der Waals surface area (Å²) < 4.78 is 0. The summed E-state index contributed by atoms with van der Waals surface area (Å²) in [6.07, 6.45) is 1.96. The fraction of sp³-hybridized carbons (Fsp3) is 0.529. The lowest BCUT2D eigenvalue weighted by molar-refractivity contribution is -0.121. The molecule has 1 aromatic rings. The van der Waals surface area contributed by atoms with E-state index in [-0.39, 0.29) is 23.7 Å². The second-order valence-electron chi connectivity index (χ2n) is 6.49. The zero-order chi connectivity index (χ0) is 15.7. The number of carbonyl (C=O) groups excluding carboxylic acids is 2. The number of hydrogen-bond donors (Lipinski definition) is 3. The summed E-state index contributed by atoms with van der Waals surface area (Å²) in [5, 5.41) is 9.11. The number of aryl methyl sites for hydroxylation is 1. The van der Waals surface area contributed by atoms with Crippen LogP contribution in [0.4, 0.5) is 11.4 Å². The molecule has 1 heterocycles. The fourth-order valence-corrected chi connectivity index (χ4v) is 2.55. The van der Waals surface area contributed by atoms with Crippen LogP contribution in [0, 0.1) is 24.7 Å². The maximum absolute atomic E-state index is 12.3. The maximum atomic E-state index is 12.3. The Bertz CT molecular complexity index is 592. The molecule has 22 heavy (non-hydrogen) atoms. The highest BCUT2D eigenvalue weighted by molar-refractivity contribution is 5.97. The first-order valence-corrected chi connectivity index (χ1v) is 7.97. The van der Waals surface area contributed by atoms with Crippen molar-refractivity contribution in [3.8, 4) is 0 Å². The van der Waals surface area contributed by atoms with Crippen LogP contribution in [-0.4, -0.2) is 24.9 Å². The van der Waals surface area contributed by atoms with Gasteiger partial charge in [-0.05, 0) is 56.5 Å². The normalized spacial score (nSPS) is 19.2. The largest absolute Gasteiger partial charge is 0.326 e. The van der Waals surface area contributed by atoms with Gasteiger partial charge in [-0.2, -0.15) is 0 Å². The van der Waals surface area contributed by atoms with Gasteiger partial charge in [0.2, 0.25) is 11.8 Å². The molecule has 1 aromatic carbocycles. The van der Waals surface area contributed by atoms with Crippen LogP contribution in [0.3, 0.4) is 0 Å². The number of carbonyl (C=O) groups is 2. The van der Waals surface area contributed by atoms with Crippen LogP contribution in [-0.2, 0) is 9.59 Å². The van der Waals surface area contributed by atoms with Crippen molar-refractivity contribution in [2.24, 2.45) is 17.8 Å². The molecule has 1 unspecified atom stereocenters. The predicted octanol–water partition coefficient (Wildman–Crippen LogP) is 2.14. The lowest BCUT2D eigenvalue weighted by atomic mass is 9.88. The van der Waals surface area contributed by atoms with E-state index in [1.165, 1.54) is 0 Å². The summed E-state index contributed by atoms with van der Waals surface area (Å²) in [5.74, 6) is 0.698. The molecule has 3 rings (SSSR count). The van der Waals surface area contributed by atoms with E-state index in [1.54, 1.807) is 0 Å². The van der Waals surface area contributed by atoms with E-state index in [4.69, 9.17) is 0 Å². The highest BCUT2D eigenvalue weighted by Gasteiger charge is 2.30. The maximum Gasteiger partial charge on any atom is 0.227 e. The molecule has 1 saturated heterocycles. The van der Waals surface area contributed by atoms with Crippen LogP contribution in [0.15, 0.2) is 18.2 Å². The molecule has 3 N–H and O–H groups in total. The van der Waals surface area contributed by atoms with Crippen molar-refractivity contribution in [2.75, 3.05) is 23.7 Å². The molecule has 2 aliphatic rings. The zero-order valence-electron chi connectivity index (χ0n) is 13.1. The molecule has 1 saturated carbocycles. The van der Waals surface area contributed by atoms with Gasteiger partial charge in [-0.15, -0.1) is 0 Å². The molecule has 1 atom stereocenters. The SMILES string of the molecule is Cc1ccc(NC(=O)C2CC2)cc1NC(=O)C(C)C1CNC1. The van der Waals surface area contributed by atoms with E-state index in [0.717, 1.165) is 42.9 Å². The Morgan fingerprint density at radius 2 is 1.95 bits per heavy atom. The van der Waals surface area contributed by atoms with Gasteiger partial charge in [0, 0.05) is 23.2 Å². The lowest BCUT2D eigenvalue weighted by Gasteiger charge is -2.31. The van der Waals surface area contributed by atoms with Crippen LogP contribution in [0.5, 0.6) is 0 Å². The number of rotatable bonds is 5. The first-order chi connectivity index (χ1) is 10.5. The number of amides is 2. The Labute approximate surface area is 130 Å². The molecule has 2 fully saturated rings. The molecular weight excluding hydrogens is 278 g/mol. The van der Waals surface area contributed by atoms with Gasteiger partial charge in [-0.3, -0.25) is 9.59 Å². The van der Waals surface area contributed by atoms with Crippen molar-refractivity contribution in [3.63, 3.8) is 0 Å². The molecule has 0 spiro atoms. The first kappa shape index (κ1) is 15.0. The third-order valence-corrected chi connectivity index (χ3v) is 4.64. The summed E-state index contributed by atoms with van der Waals surface area (Å²) in [6, 6.07) is 5.65. The van der Waals surface area contributed by atoms with Crippen molar-refractivity contribution in [2.45, 2.75) is 26.7 Å². The quantitative estimate of drug-likeness (QED) is 0.780. The number of nitrogens with one attached hydrogen (secondary N) is 3. The van der Waals surface area contributed by atoms with E-state index in [0.29, 0.717) is 5.92 Å². The van der Waals surface area contributed by atoms with E-state index in [2.05, 4.69) is 16.0 Å². The van der Waals surface area contributed by atoms with Crippen molar-refractivity contribution in [1.29, 1.82) is 0 Å². The predicted molar refractivity (Wildman–Crippen MR) is 86.7 cm³/mol. The molecular formula is C17H23N3O2. The Kier molecular flexibility index (Phi) is 4.16. The Hall–Kier alpha value is -1.88. The van der Waals surface area contributed by atoms with E-state index in [9.17, 15) is 9.59 Å². The minimum absolute atomic E-state index is 0.00892. The zero-order valence-corrected chi connectivity index (χ0v) is 13.1. The molecule has 5 heteroatoms. The van der Waals surface area contributed by atoms with E-state index >= 15 is 0 Å². The van der Waals surface area contributed by atoms with Crippen LogP contribution >= 0.6 is 0 Å². The van der Waals surface area contributed by atoms with Crippen LogP contribution in [0.1, 0.15) is 25.3 Å². The second kappa shape index (κ2) is 6.08. The molecule has 1 aliphatic heterocycles. The monoisotopic (exact) mass is 301 g/mol. The summed E-state index contributed by atoms with van der Waals surface area (Å²) in [6.45, 7) is 5.74.